The van der Waals surface area contributed by atoms with Gasteiger partial charge in [-0.1, -0.05) is 0 Å². The SMILES string of the molecule is O=[N+]([O-])c1cc(F)cc2c1NCCC2. The molecule has 0 saturated heterocycles. The first-order valence-electron chi connectivity index (χ1n) is 4.39. The molecule has 0 unspecified atom stereocenters. The number of nitro groups is 1. The van der Waals surface area contributed by atoms with E-state index in [9.17, 15) is 14.5 Å². The Balaban J connectivity index is 2.58. The lowest BCUT2D eigenvalue weighted by atomic mass is 10.0. The number of hydrogen-bond acceptors (Lipinski definition) is 3. The molecular formula is C9H9FN2O2. The number of halogens is 1. The van der Waals surface area contributed by atoms with Crippen molar-refractivity contribution in [2.24, 2.45) is 0 Å². The topological polar surface area (TPSA) is 55.2 Å². The number of benzene rings is 1. The van der Waals surface area contributed by atoms with Crippen LogP contribution >= 0.6 is 0 Å². The number of fused-ring (bicyclic) bond motifs is 1. The summed E-state index contributed by atoms with van der Waals surface area (Å²) in [6.45, 7) is 0.708. The van der Waals surface area contributed by atoms with Crippen LogP contribution in [0, 0.1) is 15.9 Å². The third-order valence-electron chi connectivity index (χ3n) is 2.29. The summed E-state index contributed by atoms with van der Waals surface area (Å²) < 4.78 is 13.0. The average molecular weight is 196 g/mol. The monoisotopic (exact) mass is 196 g/mol. The van der Waals surface area contributed by atoms with E-state index in [0.717, 1.165) is 12.5 Å². The highest BCUT2D eigenvalue weighted by Crippen LogP contribution is 2.32. The van der Waals surface area contributed by atoms with Crippen molar-refractivity contribution in [3.05, 3.63) is 33.6 Å². The molecule has 1 heterocycles. The molecule has 1 aromatic carbocycles. The van der Waals surface area contributed by atoms with Crippen LogP contribution in [0.1, 0.15) is 12.0 Å². The number of anilines is 1. The van der Waals surface area contributed by atoms with Gasteiger partial charge in [0.2, 0.25) is 0 Å². The van der Waals surface area contributed by atoms with Crippen LogP contribution in [0.2, 0.25) is 0 Å². The molecule has 2 rings (SSSR count). The first-order chi connectivity index (χ1) is 6.68. The predicted molar refractivity (Wildman–Crippen MR) is 49.9 cm³/mol. The molecule has 74 valence electrons. The Labute approximate surface area is 79.9 Å². The van der Waals surface area contributed by atoms with Gasteiger partial charge in [0, 0.05) is 6.54 Å². The van der Waals surface area contributed by atoms with Crippen molar-refractivity contribution in [3.63, 3.8) is 0 Å². The molecule has 0 aromatic heterocycles. The summed E-state index contributed by atoms with van der Waals surface area (Å²) in [5.41, 5.74) is 1.00. The summed E-state index contributed by atoms with van der Waals surface area (Å²) in [5, 5.41) is 13.6. The van der Waals surface area contributed by atoms with E-state index in [4.69, 9.17) is 0 Å². The smallest absolute Gasteiger partial charge is 0.295 e. The van der Waals surface area contributed by atoms with Gasteiger partial charge in [0.05, 0.1) is 11.0 Å². The maximum Gasteiger partial charge on any atom is 0.295 e. The van der Waals surface area contributed by atoms with Gasteiger partial charge in [0.25, 0.3) is 5.69 Å². The third-order valence-corrected chi connectivity index (χ3v) is 2.29. The second-order valence-corrected chi connectivity index (χ2v) is 3.25. The molecule has 1 N–H and O–H groups in total. The second-order valence-electron chi connectivity index (χ2n) is 3.25. The average Bonchev–Trinajstić information content (AvgIpc) is 2.16. The zero-order valence-corrected chi connectivity index (χ0v) is 7.42. The molecule has 1 aliphatic heterocycles. The van der Waals surface area contributed by atoms with Crippen LogP contribution in [0.4, 0.5) is 15.8 Å². The molecule has 1 aromatic rings. The highest BCUT2D eigenvalue weighted by Gasteiger charge is 2.21. The van der Waals surface area contributed by atoms with Gasteiger partial charge in [-0.2, -0.15) is 0 Å². The molecule has 0 amide bonds. The molecule has 14 heavy (non-hydrogen) atoms. The minimum Gasteiger partial charge on any atom is -0.379 e. The first-order valence-corrected chi connectivity index (χ1v) is 4.39. The van der Waals surface area contributed by atoms with Crippen LogP contribution in [0.3, 0.4) is 0 Å². The lowest BCUT2D eigenvalue weighted by Crippen LogP contribution is -2.13. The number of aryl methyl sites for hydroxylation is 1. The van der Waals surface area contributed by atoms with Crippen LogP contribution in [-0.4, -0.2) is 11.5 Å². The number of rotatable bonds is 1. The van der Waals surface area contributed by atoms with E-state index in [1.54, 1.807) is 0 Å². The van der Waals surface area contributed by atoms with Crippen molar-refractivity contribution in [1.82, 2.24) is 0 Å². The van der Waals surface area contributed by atoms with Crippen LogP contribution in [-0.2, 0) is 6.42 Å². The zero-order chi connectivity index (χ0) is 10.1. The number of nitrogens with zero attached hydrogens (tertiary/aromatic N) is 1. The fourth-order valence-electron chi connectivity index (χ4n) is 1.69. The minimum atomic E-state index is -0.555. The fraction of sp³-hybridized carbons (Fsp3) is 0.333. The summed E-state index contributed by atoms with van der Waals surface area (Å²) in [7, 11) is 0. The van der Waals surface area contributed by atoms with Gasteiger partial charge < -0.3 is 5.32 Å². The zero-order valence-electron chi connectivity index (χ0n) is 7.42. The molecule has 0 radical (unpaired) electrons. The summed E-state index contributed by atoms with van der Waals surface area (Å²) >= 11 is 0. The Hall–Kier alpha value is -1.65. The largest absolute Gasteiger partial charge is 0.379 e. The fourth-order valence-corrected chi connectivity index (χ4v) is 1.69. The minimum absolute atomic E-state index is 0.167. The Morgan fingerprint density at radius 1 is 1.50 bits per heavy atom. The molecule has 4 nitrogen and oxygen atoms in total. The van der Waals surface area contributed by atoms with Crippen molar-refractivity contribution in [2.45, 2.75) is 12.8 Å². The summed E-state index contributed by atoms with van der Waals surface area (Å²) in [5.74, 6) is -0.542. The second kappa shape index (κ2) is 3.25. The van der Waals surface area contributed by atoms with E-state index in [1.807, 2.05) is 0 Å². The molecule has 1 aliphatic rings. The summed E-state index contributed by atoms with van der Waals surface area (Å²) in [6, 6.07) is 2.31. The van der Waals surface area contributed by atoms with Gasteiger partial charge in [-0.25, -0.2) is 4.39 Å². The molecule has 0 fully saturated rings. The van der Waals surface area contributed by atoms with E-state index in [0.29, 0.717) is 24.2 Å². The van der Waals surface area contributed by atoms with E-state index in [2.05, 4.69) is 5.32 Å². The Bertz CT molecular complexity index is 393. The number of nitro benzene ring substituents is 1. The molecule has 0 aliphatic carbocycles. The van der Waals surface area contributed by atoms with Gasteiger partial charge >= 0.3 is 0 Å². The molecule has 0 atom stereocenters. The lowest BCUT2D eigenvalue weighted by molar-refractivity contribution is -0.384. The van der Waals surface area contributed by atoms with E-state index in [1.165, 1.54) is 6.07 Å². The van der Waals surface area contributed by atoms with E-state index >= 15 is 0 Å². The van der Waals surface area contributed by atoms with Crippen molar-refractivity contribution in [2.75, 3.05) is 11.9 Å². The van der Waals surface area contributed by atoms with Gasteiger partial charge in [-0.05, 0) is 24.5 Å². The maximum atomic E-state index is 13.0. The van der Waals surface area contributed by atoms with Crippen LogP contribution < -0.4 is 5.32 Å². The Kier molecular flexibility index (Phi) is 2.07. The van der Waals surface area contributed by atoms with E-state index in [-0.39, 0.29) is 5.69 Å². The van der Waals surface area contributed by atoms with Crippen LogP contribution in [0.25, 0.3) is 0 Å². The molecule has 0 bridgehead atoms. The Morgan fingerprint density at radius 2 is 2.29 bits per heavy atom. The highest BCUT2D eigenvalue weighted by atomic mass is 19.1. The third kappa shape index (κ3) is 1.41. The maximum absolute atomic E-state index is 13.0. The van der Waals surface area contributed by atoms with Gasteiger partial charge in [0.15, 0.2) is 0 Å². The van der Waals surface area contributed by atoms with E-state index < -0.39 is 10.7 Å². The lowest BCUT2D eigenvalue weighted by Gasteiger charge is -2.17. The first kappa shape index (κ1) is 8.93. The van der Waals surface area contributed by atoms with Crippen LogP contribution in [0.5, 0.6) is 0 Å². The van der Waals surface area contributed by atoms with Gasteiger partial charge in [0.1, 0.15) is 11.5 Å². The van der Waals surface area contributed by atoms with Gasteiger partial charge in [-0.15, -0.1) is 0 Å². The highest BCUT2D eigenvalue weighted by molar-refractivity contribution is 5.67. The predicted octanol–water partition coefficient (Wildman–Crippen LogP) is 2.09. The quantitative estimate of drug-likeness (QED) is 0.552. The van der Waals surface area contributed by atoms with Crippen molar-refractivity contribution < 1.29 is 9.31 Å². The molecule has 5 heteroatoms. The molecule has 0 spiro atoms. The normalized spacial score (nSPS) is 14.4. The van der Waals surface area contributed by atoms with Crippen molar-refractivity contribution >= 4 is 11.4 Å². The molecular weight excluding hydrogens is 187 g/mol. The van der Waals surface area contributed by atoms with Crippen LogP contribution in [0.15, 0.2) is 12.1 Å². The number of nitrogens with one attached hydrogen (secondary N) is 1. The summed E-state index contributed by atoms with van der Waals surface area (Å²) in [6.07, 6.45) is 1.58. The molecule has 0 saturated carbocycles. The summed E-state index contributed by atoms with van der Waals surface area (Å²) in [4.78, 5) is 10.1. The Morgan fingerprint density at radius 3 is 3.00 bits per heavy atom. The van der Waals surface area contributed by atoms with Gasteiger partial charge in [-0.3, -0.25) is 10.1 Å². The number of hydrogen-bond donors (Lipinski definition) is 1. The standard InChI is InChI=1S/C9H9FN2O2/c10-7-4-6-2-1-3-11-9(6)8(5-7)12(13)14/h4-5,11H,1-3H2. The van der Waals surface area contributed by atoms with Crippen molar-refractivity contribution in [3.8, 4) is 0 Å². The van der Waals surface area contributed by atoms with Crippen molar-refractivity contribution in [1.29, 1.82) is 0 Å².